The summed E-state index contributed by atoms with van der Waals surface area (Å²) in [4.78, 5) is 0. The van der Waals surface area contributed by atoms with E-state index in [1.807, 2.05) is 0 Å². The Labute approximate surface area is 296 Å². The molecule has 0 aromatic carbocycles. The van der Waals surface area contributed by atoms with Crippen molar-refractivity contribution < 1.29 is 14.2 Å². The minimum absolute atomic E-state index is 0.196. The first kappa shape index (κ1) is 34.9. The van der Waals surface area contributed by atoms with Crippen LogP contribution in [0.3, 0.4) is 0 Å². The van der Waals surface area contributed by atoms with E-state index in [0.717, 1.165) is 65.6 Å². The van der Waals surface area contributed by atoms with Gasteiger partial charge in [-0.2, -0.15) is 0 Å². The maximum atomic E-state index is 8.07. The van der Waals surface area contributed by atoms with Crippen LogP contribution in [0.5, 0.6) is 0 Å². The van der Waals surface area contributed by atoms with Crippen LogP contribution in [-0.2, 0) is 14.2 Å². The normalized spacial score (nSPS) is 50.3. The Balaban J connectivity index is 1.28. The third-order valence-electron chi connectivity index (χ3n) is 18.7. The summed E-state index contributed by atoms with van der Waals surface area (Å²) < 4.78 is 23.5. The lowest BCUT2D eigenvalue weighted by Gasteiger charge is -2.58. The van der Waals surface area contributed by atoms with Crippen molar-refractivity contribution in [3.63, 3.8) is 0 Å². The summed E-state index contributed by atoms with van der Waals surface area (Å²) in [7, 11) is 0. The van der Waals surface area contributed by atoms with Gasteiger partial charge in [-0.25, -0.2) is 0 Å². The number of hydrogen-bond acceptors (Lipinski definition) is 3. The zero-order chi connectivity index (χ0) is 33.6. The molecule has 0 aromatic heterocycles. The molecule has 8 rings (SSSR count). The van der Waals surface area contributed by atoms with Crippen LogP contribution in [-0.4, -0.2) is 30.2 Å². The standard InChI is InChI=1S/C45H76O3/c1-9-43(7,10-2)37-26-38(44(8,11-3)12-4)48-45(47-37)33-22-24-36-42(40-29-18-14-13-17-28(29)21-23-35(40)46-36)41(33)39-31-20-16-15-19-30(31)32(27(5)6)25-34(39)45/h27-42H,9-26H2,1-8H3. The third kappa shape index (κ3) is 5.16. The molecule has 0 bridgehead atoms. The maximum absolute atomic E-state index is 8.07. The van der Waals surface area contributed by atoms with E-state index in [0.29, 0.717) is 24.0 Å². The van der Waals surface area contributed by atoms with Crippen LogP contribution in [0.4, 0.5) is 0 Å². The van der Waals surface area contributed by atoms with Gasteiger partial charge in [0.1, 0.15) is 0 Å². The van der Waals surface area contributed by atoms with E-state index in [4.69, 9.17) is 14.2 Å². The largest absolute Gasteiger partial charge is 0.374 e. The Morgan fingerprint density at radius 1 is 0.562 bits per heavy atom. The van der Waals surface area contributed by atoms with Gasteiger partial charge < -0.3 is 14.2 Å². The van der Waals surface area contributed by atoms with E-state index in [1.54, 1.807) is 0 Å². The smallest absolute Gasteiger partial charge is 0.175 e. The van der Waals surface area contributed by atoms with Crippen molar-refractivity contribution in [2.75, 3.05) is 0 Å². The number of hydrogen-bond donors (Lipinski definition) is 0. The van der Waals surface area contributed by atoms with Gasteiger partial charge in [-0.15, -0.1) is 0 Å². The predicted molar refractivity (Wildman–Crippen MR) is 196 cm³/mol. The molecule has 2 saturated heterocycles. The topological polar surface area (TPSA) is 27.7 Å². The second-order valence-electron chi connectivity index (χ2n) is 20.2. The van der Waals surface area contributed by atoms with E-state index < -0.39 is 5.79 Å². The quantitative estimate of drug-likeness (QED) is 0.271. The molecule has 2 heterocycles. The SMILES string of the molecule is CCC(C)(CC)C1CC(C(C)(CC)CC)OC2(O1)C1CC(C(C)C)C3CCCCC3C1C1C3C(CCC12)OC1CCC2CCCCC2C13. The lowest BCUT2D eigenvalue weighted by atomic mass is 9.50. The predicted octanol–water partition coefficient (Wildman–Crippen LogP) is 11.9. The molecule has 15 unspecified atom stereocenters. The van der Waals surface area contributed by atoms with E-state index in [1.165, 1.54) is 109 Å². The maximum Gasteiger partial charge on any atom is 0.175 e. The van der Waals surface area contributed by atoms with Crippen LogP contribution in [0.15, 0.2) is 0 Å². The van der Waals surface area contributed by atoms with Crippen molar-refractivity contribution in [3.8, 4) is 0 Å². The first-order valence-electron chi connectivity index (χ1n) is 22.1. The molecule has 48 heavy (non-hydrogen) atoms. The molecule has 3 nitrogen and oxygen atoms in total. The lowest BCUT2D eigenvalue weighted by molar-refractivity contribution is -0.386. The van der Waals surface area contributed by atoms with E-state index in [2.05, 4.69) is 55.4 Å². The summed E-state index contributed by atoms with van der Waals surface area (Å²) in [5.41, 5.74) is 0.393. The molecule has 1 spiro atoms. The highest BCUT2D eigenvalue weighted by Crippen LogP contribution is 2.72. The fourth-order valence-corrected chi connectivity index (χ4v) is 15.3. The summed E-state index contributed by atoms with van der Waals surface area (Å²) in [5, 5.41) is 0. The summed E-state index contributed by atoms with van der Waals surface area (Å²) in [6, 6.07) is 0. The molecule has 0 amide bonds. The summed E-state index contributed by atoms with van der Waals surface area (Å²) in [6.07, 6.45) is 25.8. The molecular weight excluding hydrogens is 588 g/mol. The molecule has 274 valence electrons. The molecule has 0 aromatic rings. The van der Waals surface area contributed by atoms with Gasteiger partial charge in [0.2, 0.25) is 0 Å². The van der Waals surface area contributed by atoms with Crippen LogP contribution in [0.2, 0.25) is 0 Å². The summed E-state index contributed by atoms with van der Waals surface area (Å²) >= 11 is 0. The van der Waals surface area contributed by atoms with Gasteiger partial charge in [0.05, 0.1) is 24.4 Å². The van der Waals surface area contributed by atoms with Crippen LogP contribution < -0.4 is 0 Å². The average molecular weight is 665 g/mol. The lowest BCUT2D eigenvalue weighted by Crippen LogP contribution is -2.62. The van der Waals surface area contributed by atoms with Crippen LogP contribution >= 0.6 is 0 Å². The number of fused-ring (bicyclic) bond motifs is 13. The van der Waals surface area contributed by atoms with E-state index in [-0.39, 0.29) is 23.0 Å². The molecule has 0 N–H and O–H groups in total. The Kier molecular flexibility index (Phi) is 9.52. The van der Waals surface area contributed by atoms with Gasteiger partial charge in [0, 0.05) is 18.3 Å². The Morgan fingerprint density at radius 3 is 1.75 bits per heavy atom. The van der Waals surface area contributed by atoms with Crippen molar-refractivity contribution in [2.24, 2.45) is 81.8 Å². The molecule has 0 radical (unpaired) electrons. The number of ether oxygens (including phenoxy) is 3. The van der Waals surface area contributed by atoms with Crippen molar-refractivity contribution >= 4 is 0 Å². The Morgan fingerprint density at radius 2 is 1.12 bits per heavy atom. The molecule has 15 atom stereocenters. The molecule has 8 fully saturated rings. The van der Waals surface area contributed by atoms with Gasteiger partial charge in [-0.1, -0.05) is 87.5 Å². The fraction of sp³-hybridized carbons (Fsp3) is 1.00. The minimum Gasteiger partial charge on any atom is -0.374 e. The molecule has 8 aliphatic rings. The Hall–Kier alpha value is -0.120. The van der Waals surface area contributed by atoms with Crippen molar-refractivity contribution in [1.82, 2.24) is 0 Å². The molecular formula is C45H76O3. The zero-order valence-electron chi connectivity index (χ0n) is 32.7. The highest BCUT2D eigenvalue weighted by molar-refractivity contribution is 5.18. The van der Waals surface area contributed by atoms with Crippen molar-refractivity contribution in [3.05, 3.63) is 0 Å². The molecule has 3 heteroatoms. The van der Waals surface area contributed by atoms with E-state index >= 15 is 0 Å². The number of rotatable bonds is 7. The van der Waals surface area contributed by atoms with Crippen LogP contribution in [0, 0.1) is 81.8 Å². The highest BCUT2D eigenvalue weighted by Gasteiger charge is 2.74. The van der Waals surface area contributed by atoms with Gasteiger partial charge in [0.15, 0.2) is 5.79 Å². The van der Waals surface area contributed by atoms with Crippen LogP contribution in [0.25, 0.3) is 0 Å². The van der Waals surface area contributed by atoms with Crippen molar-refractivity contribution in [2.45, 2.75) is 201 Å². The molecule has 6 aliphatic carbocycles. The first-order chi connectivity index (χ1) is 23.1. The average Bonchev–Trinajstić information content (AvgIpc) is 3.63. The highest BCUT2D eigenvalue weighted by atomic mass is 16.7. The molecule has 2 aliphatic heterocycles. The van der Waals surface area contributed by atoms with Crippen LogP contribution in [0.1, 0.15) is 171 Å². The first-order valence-corrected chi connectivity index (χ1v) is 22.1. The summed E-state index contributed by atoms with van der Waals surface area (Å²) in [5.74, 6) is 8.90. The van der Waals surface area contributed by atoms with Gasteiger partial charge >= 0.3 is 0 Å². The minimum atomic E-state index is -0.417. The second-order valence-corrected chi connectivity index (χ2v) is 20.2. The zero-order valence-corrected chi connectivity index (χ0v) is 32.7. The van der Waals surface area contributed by atoms with Gasteiger partial charge in [-0.3, -0.25) is 0 Å². The Bertz CT molecular complexity index is 1100. The van der Waals surface area contributed by atoms with Crippen molar-refractivity contribution in [1.29, 1.82) is 0 Å². The van der Waals surface area contributed by atoms with Gasteiger partial charge in [-0.05, 0) is 147 Å². The summed E-state index contributed by atoms with van der Waals surface area (Å²) in [6.45, 7) is 20.0. The third-order valence-corrected chi connectivity index (χ3v) is 18.7. The fourth-order valence-electron chi connectivity index (χ4n) is 15.3. The van der Waals surface area contributed by atoms with Gasteiger partial charge in [0.25, 0.3) is 0 Å². The molecule has 6 saturated carbocycles. The second kappa shape index (κ2) is 13.1. The van der Waals surface area contributed by atoms with E-state index in [9.17, 15) is 0 Å². The monoisotopic (exact) mass is 665 g/mol.